The second-order valence-electron chi connectivity index (χ2n) is 5.15. The Kier molecular flexibility index (Phi) is 4.86. The lowest BCUT2D eigenvalue weighted by molar-refractivity contribution is 0.0600. The molecule has 1 aromatic rings. The third-order valence-electron chi connectivity index (χ3n) is 3.77. The predicted octanol–water partition coefficient (Wildman–Crippen LogP) is 3.83. The molecule has 1 unspecified atom stereocenters. The van der Waals surface area contributed by atoms with Gasteiger partial charge in [-0.15, -0.1) is 0 Å². The van der Waals surface area contributed by atoms with Gasteiger partial charge in [-0.3, -0.25) is 4.79 Å². The summed E-state index contributed by atoms with van der Waals surface area (Å²) in [5.41, 5.74) is 7.17. The maximum absolute atomic E-state index is 12.7. The van der Waals surface area contributed by atoms with Gasteiger partial charge in [-0.25, -0.2) is 0 Å². The number of amides is 1. The van der Waals surface area contributed by atoms with Gasteiger partial charge in [0.25, 0.3) is 5.91 Å². The van der Waals surface area contributed by atoms with E-state index in [2.05, 4.69) is 22.9 Å². The molecule has 0 spiro atoms. The summed E-state index contributed by atoms with van der Waals surface area (Å²) < 4.78 is 0.723. The highest BCUT2D eigenvalue weighted by atomic mass is 79.9. The summed E-state index contributed by atoms with van der Waals surface area (Å²) in [5, 5.41) is 0. The van der Waals surface area contributed by atoms with E-state index in [1.54, 1.807) is 6.07 Å². The van der Waals surface area contributed by atoms with Crippen LogP contribution in [0.2, 0.25) is 0 Å². The number of nitrogens with zero attached hydrogens (tertiary/aromatic N) is 1. The van der Waals surface area contributed by atoms with Crippen LogP contribution in [-0.4, -0.2) is 23.4 Å². The van der Waals surface area contributed by atoms with Crippen LogP contribution in [0.5, 0.6) is 0 Å². The van der Waals surface area contributed by atoms with Crippen molar-refractivity contribution in [3.63, 3.8) is 0 Å². The second-order valence-corrected chi connectivity index (χ2v) is 5.94. The van der Waals surface area contributed by atoms with E-state index in [0.29, 0.717) is 17.3 Å². The molecule has 0 aliphatic carbocycles. The molecule has 19 heavy (non-hydrogen) atoms. The van der Waals surface area contributed by atoms with Crippen LogP contribution < -0.4 is 5.73 Å². The fraction of sp³-hybridized carbons (Fsp3) is 0.533. The van der Waals surface area contributed by atoms with Crippen LogP contribution in [-0.2, 0) is 0 Å². The van der Waals surface area contributed by atoms with Crippen LogP contribution in [0.15, 0.2) is 22.7 Å². The van der Waals surface area contributed by atoms with Gasteiger partial charge in [-0.1, -0.05) is 19.4 Å². The van der Waals surface area contributed by atoms with Gasteiger partial charge in [0, 0.05) is 18.3 Å². The lowest BCUT2D eigenvalue weighted by atomic mass is 9.97. The zero-order valence-electron chi connectivity index (χ0n) is 11.4. The molecule has 4 heteroatoms. The average molecular weight is 325 g/mol. The predicted molar refractivity (Wildman–Crippen MR) is 82.1 cm³/mol. The Balaban J connectivity index is 2.23. The number of nitrogen functional groups attached to an aromatic ring is 1. The number of anilines is 1. The summed E-state index contributed by atoms with van der Waals surface area (Å²) in [6, 6.07) is 5.88. The Bertz CT molecular complexity index is 459. The molecule has 104 valence electrons. The first-order chi connectivity index (χ1) is 9.15. The average Bonchev–Trinajstić information content (AvgIpc) is 2.42. The van der Waals surface area contributed by atoms with Crippen molar-refractivity contribution < 1.29 is 4.79 Å². The number of nitrogens with two attached hydrogens (primary N) is 1. The molecule has 3 nitrogen and oxygen atoms in total. The summed E-state index contributed by atoms with van der Waals surface area (Å²) in [6.07, 6.45) is 5.66. The van der Waals surface area contributed by atoms with E-state index < -0.39 is 0 Å². The van der Waals surface area contributed by atoms with Crippen molar-refractivity contribution in [1.29, 1.82) is 0 Å². The zero-order chi connectivity index (χ0) is 13.8. The Hall–Kier alpha value is -1.03. The van der Waals surface area contributed by atoms with Gasteiger partial charge < -0.3 is 10.6 Å². The van der Waals surface area contributed by atoms with Crippen LogP contribution in [0.25, 0.3) is 0 Å². The summed E-state index contributed by atoms with van der Waals surface area (Å²) >= 11 is 3.43. The van der Waals surface area contributed by atoms with Crippen LogP contribution >= 0.6 is 15.9 Å². The van der Waals surface area contributed by atoms with E-state index in [-0.39, 0.29) is 5.91 Å². The van der Waals surface area contributed by atoms with Crippen molar-refractivity contribution in [1.82, 2.24) is 4.90 Å². The molecule has 0 bridgehead atoms. The molecule has 1 saturated heterocycles. The van der Waals surface area contributed by atoms with E-state index >= 15 is 0 Å². The van der Waals surface area contributed by atoms with Crippen molar-refractivity contribution in [2.45, 2.75) is 45.1 Å². The summed E-state index contributed by atoms with van der Waals surface area (Å²) in [7, 11) is 0. The minimum absolute atomic E-state index is 0.109. The minimum atomic E-state index is 0.109. The third-order valence-corrected chi connectivity index (χ3v) is 4.65. The van der Waals surface area contributed by atoms with E-state index in [1.165, 1.54) is 6.42 Å². The highest BCUT2D eigenvalue weighted by Crippen LogP contribution is 2.28. The van der Waals surface area contributed by atoms with E-state index in [4.69, 9.17) is 5.73 Å². The molecule has 1 aliphatic rings. The molecule has 0 radical (unpaired) electrons. The molecule has 2 rings (SSSR count). The van der Waals surface area contributed by atoms with Gasteiger partial charge in [0.05, 0.1) is 10.0 Å². The van der Waals surface area contributed by atoms with Crippen LogP contribution in [0, 0.1) is 0 Å². The van der Waals surface area contributed by atoms with Crippen molar-refractivity contribution in [3.05, 3.63) is 28.2 Å². The summed E-state index contributed by atoms with van der Waals surface area (Å²) in [4.78, 5) is 14.7. The smallest absolute Gasteiger partial charge is 0.255 e. The first-order valence-electron chi connectivity index (χ1n) is 7.00. The molecular formula is C15H21BrN2O. The normalized spacial score (nSPS) is 19.5. The quantitative estimate of drug-likeness (QED) is 0.859. The molecule has 1 aromatic carbocycles. The SMILES string of the molecule is CCCC1CCCCN1C(=O)c1cccc(N)c1Br. The van der Waals surface area contributed by atoms with Gasteiger partial charge in [0.15, 0.2) is 0 Å². The molecule has 2 N–H and O–H groups in total. The maximum atomic E-state index is 12.7. The zero-order valence-corrected chi connectivity index (χ0v) is 12.9. The van der Waals surface area contributed by atoms with Gasteiger partial charge >= 0.3 is 0 Å². The van der Waals surface area contributed by atoms with Gasteiger partial charge in [-0.2, -0.15) is 0 Å². The Morgan fingerprint density at radius 1 is 1.47 bits per heavy atom. The number of benzene rings is 1. The molecule has 0 saturated carbocycles. The van der Waals surface area contributed by atoms with E-state index in [1.807, 2.05) is 17.0 Å². The Morgan fingerprint density at radius 2 is 2.26 bits per heavy atom. The third kappa shape index (κ3) is 3.11. The first kappa shape index (κ1) is 14.4. The fourth-order valence-corrected chi connectivity index (χ4v) is 3.20. The maximum Gasteiger partial charge on any atom is 0.255 e. The fourth-order valence-electron chi connectivity index (χ4n) is 2.77. The molecule has 1 fully saturated rings. The number of likely N-dealkylation sites (tertiary alicyclic amines) is 1. The Labute approximate surface area is 123 Å². The Morgan fingerprint density at radius 3 is 3.00 bits per heavy atom. The van der Waals surface area contributed by atoms with Gasteiger partial charge in [0.2, 0.25) is 0 Å². The van der Waals surface area contributed by atoms with Crippen molar-refractivity contribution in [3.8, 4) is 0 Å². The molecular weight excluding hydrogens is 304 g/mol. The van der Waals surface area contributed by atoms with E-state index in [0.717, 1.165) is 36.7 Å². The number of piperidine rings is 1. The largest absolute Gasteiger partial charge is 0.398 e. The summed E-state index contributed by atoms with van der Waals surface area (Å²) in [5.74, 6) is 0.109. The number of hydrogen-bond acceptors (Lipinski definition) is 2. The van der Waals surface area contributed by atoms with Crippen LogP contribution in [0.3, 0.4) is 0 Å². The first-order valence-corrected chi connectivity index (χ1v) is 7.79. The second kappa shape index (κ2) is 6.42. The number of rotatable bonds is 3. The number of hydrogen-bond donors (Lipinski definition) is 1. The molecule has 1 heterocycles. The molecule has 1 aliphatic heterocycles. The lowest BCUT2D eigenvalue weighted by Gasteiger charge is -2.36. The van der Waals surface area contributed by atoms with E-state index in [9.17, 15) is 4.79 Å². The van der Waals surface area contributed by atoms with Crippen molar-refractivity contribution in [2.24, 2.45) is 0 Å². The highest BCUT2D eigenvalue weighted by Gasteiger charge is 2.27. The van der Waals surface area contributed by atoms with Crippen LogP contribution in [0.4, 0.5) is 5.69 Å². The molecule has 1 amide bonds. The van der Waals surface area contributed by atoms with Gasteiger partial charge in [0.1, 0.15) is 0 Å². The number of carbonyl (C=O) groups excluding carboxylic acids is 1. The standard InChI is InChI=1S/C15H21BrN2O/c1-2-6-11-7-3-4-10-18(11)15(19)12-8-5-9-13(17)14(12)16/h5,8-9,11H,2-4,6-7,10,17H2,1H3. The summed E-state index contributed by atoms with van der Waals surface area (Å²) in [6.45, 7) is 3.04. The topological polar surface area (TPSA) is 46.3 Å². The molecule has 1 atom stereocenters. The molecule has 0 aromatic heterocycles. The number of halogens is 1. The lowest BCUT2D eigenvalue weighted by Crippen LogP contribution is -2.43. The minimum Gasteiger partial charge on any atom is -0.398 e. The monoisotopic (exact) mass is 324 g/mol. The van der Waals surface area contributed by atoms with Crippen molar-refractivity contribution in [2.75, 3.05) is 12.3 Å². The highest BCUT2D eigenvalue weighted by molar-refractivity contribution is 9.10. The number of carbonyl (C=O) groups is 1. The van der Waals surface area contributed by atoms with Crippen LogP contribution in [0.1, 0.15) is 49.4 Å². The van der Waals surface area contributed by atoms with Gasteiger partial charge in [-0.05, 0) is 53.7 Å². The van der Waals surface area contributed by atoms with Crippen molar-refractivity contribution >= 4 is 27.5 Å².